The van der Waals surface area contributed by atoms with Crippen LogP contribution in [-0.2, 0) is 0 Å². The summed E-state index contributed by atoms with van der Waals surface area (Å²) in [6.07, 6.45) is 1.86. The van der Waals surface area contributed by atoms with Gasteiger partial charge in [0.15, 0.2) is 0 Å². The Balaban J connectivity index is 1.96. The van der Waals surface area contributed by atoms with Crippen molar-refractivity contribution in [1.82, 2.24) is 14.5 Å². The van der Waals surface area contributed by atoms with Crippen LogP contribution >= 0.6 is 0 Å². The highest BCUT2D eigenvalue weighted by molar-refractivity contribution is 6.04. The quantitative estimate of drug-likeness (QED) is 0.445. The lowest BCUT2D eigenvalue weighted by Gasteiger charge is -2.10. The fourth-order valence-electron chi connectivity index (χ4n) is 3.31. The lowest BCUT2D eigenvalue weighted by Crippen LogP contribution is -1.97. The molecule has 3 heteroatoms. The third-order valence-corrected chi connectivity index (χ3v) is 4.44. The number of benzene rings is 3. The number of pyridine rings is 1. The molecule has 5 rings (SSSR count). The molecule has 25 heavy (non-hydrogen) atoms. The van der Waals surface area contributed by atoms with Crippen molar-refractivity contribution in [1.29, 1.82) is 0 Å². The van der Waals surface area contributed by atoms with Crippen molar-refractivity contribution in [2.45, 2.75) is 0 Å². The number of imidazole rings is 1. The Morgan fingerprint density at radius 2 is 1.32 bits per heavy atom. The van der Waals surface area contributed by atoms with Gasteiger partial charge in [-0.25, -0.2) is 4.98 Å². The van der Waals surface area contributed by atoms with Crippen LogP contribution in [0, 0.1) is 0 Å². The van der Waals surface area contributed by atoms with Crippen LogP contribution < -0.4 is 0 Å². The fourth-order valence-corrected chi connectivity index (χ4v) is 3.31. The summed E-state index contributed by atoms with van der Waals surface area (Å²) in [5, 5.41) is 1.11. The van der Waals surface area contributed by atoms with E-state index in [1.807, 2.05) is 48.7 Å². The first-order valence-corrected chi connectivity index (χ1v) is 8.29. The monoisotopic (exact) mass is 321 g/mol. The zero-order valence-electron chi connectivity index (χ0n) is 13.5. The molecule has 0 saturated heterocycles. The van der Waals surface area contributed by atoms with Crippen LogP contribution in [0.3, 0.4) is 0 Å². The van der Waals surface area contributed by atoms with Gasteiger partial charge in [0.25, 0.3) is 0 Å². The van der Waals surface area contributed by atoms with Crippen molar-refractivity contribution in [2.75, 3.05) is 0 Å². The molecule has 3 nitrogen and oxygen atoms in total. The van der Waals surface area contributed by atoms with Crippen LogP contribution in [0.5, 0.6) is 0 Å². The Hall–Kier alpha value is -3.46. The maximum atomic E-state index is 4.91. The van der Waals surface area contributed by atoms with E-state index in [4.69, 9.17) is 4.98 Å². The molecule has 0 spiro atoms. The van der Waals surface area contributed by atoms with Crippen molar-refractivity contribution in [3.05, 3.63) is 91.1 Å². The summed E-state index contributed by atoms with van der Waals surface area (Å²) in [5.41, 5.74) is 5.16. The van der Waals surface area contributed by atoms with Crippen LogP contribution in [0.25, 0.3) is 39.0 Å². The first kappa shape index (κ1) is 13.9. The maximum Gasteiger partial charge on any atom is 0.145 e. The normalized spacial score (nSPS) is 11.2. The Morgan fingerprint density at radius 1 is 0.640 bits per heavy atom. The lowest BCUT2D eigenvalue weighted by molar-refractivity contribution is 1.11. The molecular formula is C22H15N3. The second-order valence-corrected chi connectivity index (χ2v) is 5.98. The number of rotatable bonds is 2. The van der Waals surface area contributed by atoms with Crippen molar-refractivity contribution in [3.8, 4) is 17.1 Å². The summed E-state index contributed by atoms with van der Waals surface area (Å²) in [4.78, 5) is 9.49. The number of hydrogen-bond donors (Lipinski definition) is 0. The van der Waals surface area contributed by atoms with Gasteiger partial charge in [-0.2, -0.15) is 0 Å². The van der Waals surface area contributed by atoms with Crippen LogP contribution in [0.15, 0.2) is 91.1 Å². The average Bonchev–Trinajstić information content (AvgIpc) is 3.09. The van der Waals surface area contributed by atoms with Crippen LogP contribution in [0.1, 0.15) is 0 Å². The summed E-state index contributed by atoms with van der Waals surface area (Å²) >= 11 is 0. The van der Waals surface area contributed by atoms with E-state index in [2.05, 4.69) is 52.0 Å². The second kappa shape index (κ2) is 5.56. The van der Waals surface area contributed by atoms with Gasteiger partial charge in [0, 0.05) is 16.6 Å². The van der Waals surface area contributed by atoms with E-state index >= 15 is 0 Å². The zero-order valence-corrected chi connectivity index (χ0v) is 13.5. The highest BCUT2D eigenvalue weighted by Gasteiger charge is 2.16. The number of para-hydroxylation sites is 2. The number of hydrogen-bond acceptors (Lipinski definition) is 2. The molecule has 2 heterocycles. The molecular weight excluding hydrogens is 306 g/mol. The van der Waals surface area contributed by atoms with Crippen LogP contribution in [0.2, 0.25) is 0 Å². The van der Waals surface area contributed by atoms with Gasteiger partial charge in [0.1, 0.15) is 11.3 Å². The zero-order chi connectivity index (χ0) is 16.6. The van der Waals surface area contributed by atoms with E-state index in [1.54, 1.807) is 0 Å². The van der Waals surface area contributed by atoms with Crippen molar-refractivity contribution in [3.63, 3.8) is 0 Å². The average molecular weight is 321 g/mol. The molecule has 118 valence electrons. The maximum absolute atomic E-state index is 4.91. The fraction of sp³-hybridized carbons (Fsp3) is 0. The number of fused-ring (bicyclic) bond motifs is 3. The smallest absolute Gasteiger partial charge is 0.145 e. The minimum Gasteiger partial charge on any atom is -0.292 e. The second-order valence-electron chi connectivity index (χ2n) is 5.98. The molecule has 0 unspecified atom stereocenters. The lowest BCUT2D eigenvalue weighted by atomic mass is 10.1. The van der Waals surface area contributed by atoms with Crippen molar-refractivity contribution < 1.29 is 0 Å². The minimum absolute atomic E-state index is 0.904. The minimum atomic E-state index is 0.904. The van der Waals surface area contributed by atoms with E-state index in [0.717, 1.165) is 39.0 Å². The van der Waals surface area contributed by atoms with Gasteiger partial charge in [0.05, 0.1) is 17.2 Å². The summed E-state index contributed by atoms with van der Waals surface area (Å²) in [6, 6.07) is 28.9. The Labute approximate surface area is 145 Å². The molecule has 0 radical (unpaired) electrons. The molecule has 0 bridgehead atoms. The number of aromatic nitrogens is 3. The van der Waals surface area contributed by atoms with Crippen LogP contribution in [0.4, 0.5) is 0 Å². The van der Waals surface area contributed by atoms with E-state index in [1.165, 1.54) is 0 Å². The molecule has 0 atom stereocenters. The topological polar surface area (TPSA) is 30.7 Å². The van der Waals surface area contributed by atoms with Crippen molar-refractivity contribution >= 4 is 21.9 Å². The van der Waals surface area contributed by atoms with E-state index in [-0.39, 0.29) is 0 Å². The summed E-state index contributed by atoms with van der Waals surface area (Å²) in [7, 11) is 0. The summed E-state index contributed by atoms with van der Waals surface area (Å²) in [5.74, 6) is 0.931. The molecule has 0 aliphatic heterocycles. The SMILES string of the molecule is c1ccc(-c2nc3cnc4ccccc4c3n2-c2ccccc2)cc1. The Kier molecular flexibility index (Phi) is 3.10. The van der Waals surface area contributed by atoms with Gasteiger partial charge in [-0.15, -0.1) is 0 Å². The highest BCUT2D eigenvalue weighted by Crippen LogP contribution is 2.32. The molecule has 0 saturated carbocycles. The van der Waals surface area contributed by atoms with E-state index in [0.29, 0.717) is 0 Å². The molecule has 0 fully saturated rings. The van der Waals surface area contributed by atoms with Gasteiger partial charge in [-0.3, -0.25) is 9.55 Å². The van der Waals surface area contributed by atoms with Crippen LogP contribution in [-0.4, -0.2) is 14.5 Å². The van der Waals surface area contributed by atoms with Crippen molar-refractivity contribution in [2.24, 2.45) is 0 Å². The molecule has 2 aromatic heterocycles. The van der Waals surface area contributed by atoms with Gasteiger partial charge in [-0.05, 0) is 18.2 Å². The largest absolute Gasteiger partial charge is 0.292 e. The third kappa shape index (κ3) is 2.21. The number of nitrogens with zero attached hydrogens (tertiary/aromatic N) is 3. The van der Waals surface area contributed by atoms with Gasteiger partial charge < -0.3 is 0 Å². The first-order chi connectivity index (χ1) is 12.4. The van der Waals surface area contributed by atoms with E-state index < -0.39 is 0 Å². The van der Waals surface area contributed by atoms with Gasteiger partial charge >= 0.3 is 0 Å². The Bertz CT molecular complexity index is 1180. The molecule has 3 aromatic carbocycles. The summed E-state index contributed by atoms with van der Waals surface area (Å²) < 4.78 is 2.23. The standard InChI is InChI=1S/C22H15N3/c1-3-9-16(10-4-1)22-24-20-15-23-19-14-8-7-13-18(19)21(20)25(22)17-11-5-2-6-12-17/h1-15H. The van der Waals surface area contributed by atoms with Gasteiger partial charge in [0.2, 0.25) is 0 Å². The first-order valence-electron chi connectivity index (χ1n) is 8.29. The molecule has 5 aromatic rings. The summed E-state index contributed by atoms with van der Waals surface area (Å²) in [6.45, 7) is 0. The molecule has 0 N–H and O–H groups in total. The molecule has 0 amide bonds. The predicted molar refractivity (Wildman–Crippen MR) is 102 cm³/mol. The predicted octanol–water partition coefficient (Wildman–Crippen LogP) is 5.24. The Morgan fingerprint density at radius 3 is 2.12 bits per heavy atom. The third-order valence-electron chi connectivity index (χ3n) is 4.44. The van der Waals surface area contributed by atoms with Gasteiger partial charge in [-0.1, -0.05) is 66.7 Å². The molecule has 0 aliphatic rings. The molecule has 0 aliphatic carbocycles. The highest BCUT2D eigenvalue weighted by atomic mass is 15.1. The van der Waals surface area contributed by atoms with E-state index in [9.17, 15) is 0 Å².